The van der Waals surface area contributed by atoms with Crippen LogP contribution in [0.5, 0.6) is 0 Å². The second-order valence-corrected chi connectivity index (χ2v) is 16.1. The van der Waals surface area contributed by atoms with Crippen LogP contribution in [0, 0.1) is 16.2 Å². The van der Waals surface area contributed by atoms with Crippen LogP contribution in [0.2, 0.25) is 0 Å². The average Bonchev–Trinajstić information content (AvgIpc) is 3.12. The minimum absolute atomic E-state index is 0.137. The van der Waals surface area contributed by atoms with Gasteiger partial charge in [0.15, 0.2) is 12.2 Å². The number of carbonyl (C=O) groups excluding carboxylic acids is 3. The Balaban J connectivity index is 2.14. The molecule has 10 nitrogen and oxygen atoms in total. The highest BCUT2D eigenvalue weighted by atomic mass is 16.7. The Labute approximate surface area is 269 Å². The second-order valence-electron chi connectivity index (χ2n) is 16.1. The van der Waals surface area contributed by atoms with Gasteiger partial charge in [0.05, 0.1) is 34.1 Å². The van der Waals surface area contributed by atoms with Gasteiger partial charge in [-0.3, -0.25) is 14.4 Å². The van der Waals surface area contributed by atoms with Gasteiger partial charge >= 0.3 is 25.0 Å². The molecule has 1 aromatic rings. The van der Waals surface area contributed by atoms with Gasteiger partial charge in [-0.15, -0.1) is 0 Å². The lowest BCUT2D eigenvalue weighted by molar-refractivity contribution is -0.253. The molecule has 2 fully saturated rings. The van der Waals surface area contributed by atoms with Crippen molar-refractivity contribution >= 4 is 25.0 Å². The Morgan fingerprint density at radius 2 is 1.18 bits per heavy atom. The van der Waals surface area contributed by atoms with Crippen LogP contribution in [-0.2, 0) is 54.0 Å². The Morgan fingerprint density at radius 3 is 1.64 bits per heavy atom. The summed E-state index contributed by atoms with van der Waals surface area (Å²) >= 11 is 0. The number of hydrogen-bond acceptors (Lipinski definition) is 10. The van der Waals surface area contributed by atoms with E-state index in [1.807, 2.05) is 58.0 Å². The number of carbonyl (C=O) groups is 3. The van der Waals surface area contributed by atoms with Crippen LogP contribution in [0.25, 0.3) is 0 Å². The number of hydrogen-bond donors (Lipinski definition) is 0. The van der Waals surface area contributed by atoms with Crippen molar-refractivity contribution in [2.45, 2.75) is 138 Å². The van der Waals surface area contributed by atoms with Gasteiger partial charge in [0.2, 0.25) is 0 Å². The van der Waals surface area contributed by atoms with Gasteiger partial charge in [-0.2, -0.15) is 0 Å². The standard InChI is InChI=1S/C34H53BO10/c1-30(2,3)27(36)40-20-22-23(42-28(37)31(4,5)6)24(43-29(38)32(7,8)9)25(39-19-21-17-15-14-16-18-21)26(41-22)35-44-33(10,11)34(12,13)45-35/h14-18,22-26H,19-20H2,1-13H3/t22?,23-,24+,25?,26-/m1/s1. The van der Waals surface area contributed by atoms with Crippen molar-refractivity contribution in [2.24, 2.45) is 16.2 Å². The number of benzene rings is 1. The van der Waals surface area contributed by atoms with E-state index in [9.17, 15) is 14.4 Å². The van der Waals surface area contributed by atoms with Crippen LogP contribution < -0.4 is 0 Å². The van der Waals surface area contributed by atoms with Crippen molar-refractivity contribution in [3.05, 3.63) is 35.9 Å². The normalized spacial score (nSPS) is 26.7. The van der Waals surface area contributed by atoms with E-state index in [1.165, 1.54) is 0 Å². The van der Waals surface area contributed by atoms with Gasteiger partial charge in [-0.05, 0) is 95.6 Å². The molecule has 0 bridgehead atoms. The summed E-state index contributed by atoms with van der Waals surface area (Å²) in [5.41, 5.74) is -3.14. The van der Waals surface area contributed by atoms with E-state index >= 15 is 0 Å². The molecule has 2 aliphatic rings. The smallest absolute Gasteiger partial charge is 0.462 e. The van der Waals surface area contributed by atoms with Crippen molar-refractivity contribution < 1.29 is 47.4 Å². The third-order valence-electron chi connectivity index (χ3n) is 8.20. The van der Waals surface area contributed by atoms with E-state index in [4.69, 9.17) is 33.0 Å². The molecule has 2 aliphatic heterocycles. The number of ether oxygens (including phenoxy) is 5. The highest BCUT2D eigenvalue weighted by Crippen LogP contribution is 2.42. The minimum Gasteiger partial charge on any atom is -0.462 e. The first-order valence-electron chi connectivity index (χ1n) is 15.7. The molecular formula is C34H53BO10. The van der Waals surface area contributed by atoms with Crippen molar-refractivity contribution in [1.82, 2.24) is 0 Å². The Morgan fingerprint density at radius 1 is 0.711 bits per heavy atom. The van der Waals surface area contributed by atoms with Gasteiger partial charge in [-0.25, -0.2) is 0 Å². The predicted octanol–water partition coefficient (Wildman–Crippen LogP) is 5.48. The Hall–Kier alpha value is -2.47. The molecule has 2 saturated heterocycles. The molecule has 0 radical (unpaired) electrons. The van der Waals surface area contributed by atoms with Gasteiger partial charge in [0.25, 0.3) is 0 Å². The summed E-state index contributed by atoms with van der Waals surface area (Å²) in [5.74, 6) is -1.54. The lowest BCUT2D eigenvalue weighted by Crippen LogP contribution is -2.66. The maximum absolute atomic E-state index is 13.5. The monoisotopic (exact) mass is 632 g/mol. The fourth-order valence-corrected chi connectivity index (χ4v) is 4.53. The van der Waals surface area contributed by atoms with E-state index in [0.717, 1.165) is 5.56 Å². The number of rotatable bonds is 8. The van der Waals surface area contributed by atoms with Crippen LogP contribution in [0.15, 0.2) is 30.3 Å². The van der Waals surface area contributed by atoms with Crippen LogP contribution in [0.4, 0.5) is 0 Å². The lowest BCUT2D eigenvalue weighted by atomic mass is 9.72. The first-order chi connectivity index (χ1) is 20.4. The fraction of sp³-hybridized carbons (Fsp3) is 0.735. The zero-order valence-corrected chi connectivity index (χ0v) is 29.3. The molecule has 0 aromatic heterocycles. The molecular weight excluding hydrogens is 579 g/mol. The molecule has 0 aliphatic carbocycles. The summed E-state index contributed by atoms with van der Waals surface area (Å²) in [6.45, 7) is 23.1. The molecule has 5 atom stereocenters. The van der Waals surface area contributed by atoms with Gasteiger partial charge in [0, 0.05) is 0 Å². The maximum Gasteiger partial charge on any atom is 0.491 e. The highest BCUT2D eigenvalue weighted by Gasteiger charge is 2.62. The first kappa shape index (κ1) is 37.0. The molecule has 0 N–H and O–H groups in total. The van der Waals surface area contributed by atoms with Crippen molar-refractivity contribution in [1.29, 1.82) is 0 Å². The van der Waals surface area contributed by atoms with E-state index in [1.54, 1.807) is 62.3 Å². The summed E-state index contributed by atoms with van der Waals surface area (Å²) in [6.07, 6.45) is -4.39. The quantitative estimate of drug-likeness (QED) is 0.207. The third kappa shape index (κ3) is 9.08. The predicted molar refractivity (Wildman–Crippen MR) is 169 cm³/mol. The van der Waals surface area contributed by atoms with Crippen molar-refractivity contribution in [3.8, 4) is 0 Å². The largest absolute Gasteiger partial charge is 0.491 e. The van der Waals surface area contributed by atoms with Crippen molar-refractivity contribution in [2.75, 3.05) is 6.61 Å². The van der Waals surface area contributed by atoms with Gasteiger partial charge in [-0.1, -0.05) is 30.3 Å². The van der Waals surface area contributed by atoms with Gasteiger partial charge < -0.3 is 33.0 Å². The molecule has 3 rings (SSSR count). The lowest BCUT2D eigenvalue weighted by Gasteiger charge is -2.46. The summed E-state index contributed by atoms with van der Waals surface area (Å²) in [5, 5.41) is 0. The molecule has 45 heavy (non-hydrogen) atoms. The summed E-state index contributed by atoms with van der Waals surface area (Å²) in [4.78, 5) is 39.8. The van der Waals surface area contributed by atoms with E-state index in [-0.39, 0.29) is 13.2 Å². The summed E-state index contributed by atoms with van der Waals surface area (Å²) in [7, 11) is -0.952. The Bertz CT molecular complexity index is 1180. The molecule has 0 saturated carbocycles. The molecule has 0 spiro atoms. The zero-order valence-electron chi connectivity index (χ0n) is 29.3. The second kappa shape index (κ2) is 13.3. The zero-order chi connectivity index (χ0) is 34.2. The number of esters is 3. The maximum atomic E-state index is 13.5. The SMILES string of the molecule is CC(C)(C)C(=O)OCC1O[C@@H](B2OC(C)(C)C(C)(C)O2)C(OCc2ccccc2)[C@@H](OC(=O)C(C)(C)C)[C@@H]1OC(=O)C(C)(C)C. The average molecular weight is 633 g/mol. The van der Waals surface area contributed by atoms with Crippen LogP contribution in [-0.4, -0.2) is 73.3 Å². The van der Waals surface area contributed by atoms with Crippen LogP contribution in [0.1, 0.15) is 95.6 Å². The molecule has 252 valence electrons. The molecule has 1 aromatic carbocycles. The van der Waals surface area contributed by atoms with Crippen molar-refractivity contribution in [3.63, 3.8) is 0 Å². The molecule has 0 amide bonds. The highest BCUT2D eigenvalue weighted by molar-refractivity contribution is 6.47. The van der Waals surface area contributed by atoms with Crippen LogP contribution in [0.3, 0.4) is 0 Å². The van der Waals surface area contributed by atoms with E-state index in [2.05, 4.69) is 0 Å². The Kier molecular flexibility index (Phi) is 11.0. The topological polar surface area (TPSA) is 116 Å². The molecule has 11 heteroatoms. The molecule has 2 unspecified atom stereocenters. The van der Waals surface area contributed by atoms with Gasteiger partial charge in [0.1, 0.15) is 24.8 Å². The first-order valence-corrected chi connectivity index (χ1v) is 15.7. The van der Waals surface area contributed by atoms with Crippen LogP contribution >= 0.6 is 0 Å². The summed E-state index contributed by atoms with van der Waals surface area (Å²) in [6, 6.07) is 8.55. The molecule has 2 heterocycles. The van der Waals surface area contributed by atoms with E-state index in [0.29, 0.717) is 0 Å². The van der Waals surface area contributed by atoms with E-state index < -0.39 is 82.9 Å². The minimum atomic E-state index is -1.18. The summed E-state index contributed by atoms with van der Waals surface area (Å²) < 4.78 is 44.0. The fourth-order valence-electron chi connectivity index (χ4n) is 4.53. The third-order valence-corrected chi connectivity index (χ3v) is 8.20.